The molecule has 0 bridgehead atoms. The van der Waals surface area contributed by atoms with Crippen molar-refractivity contribution in [1.29, 1.82) is 0 Å². The van der Waals surface area contributed by atoms with E-state index in [4.69, 9.17) is 0 Å². The molecular weight excluding hydrogens is 258 g/mol. The molecule has 2 rings (SSSR count). The minimum atomic E-state index is -0.390. The number of rotatable bonds is 5. The molecule has 0 amide bonds. The second-order valence-corrected chi connectivity index (χ2v) is 5.67. The van der Waals surface area contributed by atoms with Crippen LogP contribution in [0.4, 0.5) is 0 Å². The molecular formula is C14H21N3OS. The molecule has 0 fully saturated rings. The predicted octanol–water partition coefficient (Wildman–Crippen LogP) is 1.81. The second-order valence-electron chi connectivity index (χ2n) is 5.19. The fourth-order valence-electron chi connectivity index (χ4n) is 2.16. The van der Waals surface area contributed by atoms with Gasteiger partial charge in [-0.05, 0) is 33.2 Å². The Labute approximate surface area is 119 Å². The molecule has 0 aliphatic carbocycles. The highest BCUT2D eigenvalue weighted by atomic mass is 32.1. The zero-order valence-corrected chi connectivity index (χ0v) is 12.6. The number of hydrogen-bond acceptors (Lipinski definition) is 4. The quantitative estimate of drug-likeness (QED) is 0.820. The summed E-state index contributed by atoms with van der Waals surface area (Å²) in [7, 11) is 4.09. The average Bonchev–Trinajstić information content (AvgIpc) is 2.66. The number of likely N-dealkylation sites (N-methyl/N-ethyl adjacent to an activating group) is 1. The monoisotopic (exact) mass is 279 g/mol. The number of fused-ring (bicyclic) bond motifs is 1. The number of hydrogen-bond donors (Lipinski definition) is 2. The van der Waals surface area contributed by atoms with Gasteiger partial charge in [0.15, 0.2) is 0 Å². The highest BCUT2D eigenvalue weighted by Gasteiger charge is 2.13. The van der Waals surface area contributed by atoms with E-state index in [9.17, 15) is 5.11 Å². The van der Waals surface area contributed by atoms with Crippen molar-refractivity contribution in [2.75, 3.05) is 20.6 Å². The SMILES string of the molecule is C[C@H](O)Cn1c(CCN(C)C)nc2c(S)cccc21. The van der Waals surface area contributed by atoms with Crippen molar-refractivity contribution in [3.05, 3.63) is 24.0 Å². The lowest BCUT2D eigenvalue weighted by molar-refractivity contribution is 0.173. The highest BCUT2D eigenvalue weighted by molar-refractivity contribution is 7.80. The van der Waals surface area contributed by atoms with Crippen LogP contribution in [0, 0.1) is 0 Å². The Morgan fingerprint density at radius 1 is 1.42 bits per heavy atom. The number of aromatic nitrogens is 2. The summed E-state index contributed by atoms with van der Waals surface area (Å²) in [6, 6.07) is 5.95. The van der Waals surface area contributed by atoms with Crippen molar-refractivity contribution >= 4 is 23.7 Å². The van der Waals surface area contributed by atoms with Crippen LogP contribution in [0.15, 0.2) is 23.1 Å². The van der Waals surface area contributed by atoms with E-state index in [1.807, 2.05) is 32.3 Å². The van der Waals surface area contributed by atoms with Crippen molar-refractivity contribution in [3.63, 3.8) is 0 Å². The third-order valence-corrected chi connectivity index (χ3v) is 3.43. The Kier molecular flexibility index (Phi) is 4.50. The zero-order valence-electron chi connectivity index (χ0n) is 11.7. The Bertz CT molecular complexity index is 563. The van der Waals surface area contributed by atoms with Gasteiger partial charge in [-0.1, -0.05) is 6.07 Å². The molecule has 1 N–H and O–H groups in total. The molecule has 5 heteroatoms. The summed E-state index contributed by atoms with van der Waals surface area (Å²) in [5.74, 6) is 1.01. The van der Waals surface area contributed by atoms with Gasteiger partial charge in [0.2, 0.25) is 0 Å². The van der Waals surface area contributed by atoms with E-state index in [2.05, 4.69) is 27.1 Å². The Hall–Kier alpha value is -1.04. The maximum absolute atomic E-state index is 9.68. The van der Waals surface area contributed by atoms with E-state index >= 15 is 0 Å². The van der Waals surface area contributed by atoms with Gasteiger partial charge in [-0.3, -0.25) is 0 Å². The highest BCUT2D eigenvalue weighted by Crippen LogP contribution is 2.23. The van der Waals surface area contributed by atoms with Gasteiger partial charge >= 0.3 is 0 Å². The molecule has 104 valence electrons. The molecule has 0 radical (unpaired) electrons. The molecule has 0 saturated carbocycles. The zero-order chi connectivity index (χ0) is 14.0. The van der Waals surface area contributed by atoms with Crippen molar-refractivity contribution in [2.24, 2.45) is 0 Å². The lowest BCUT2D eigenvalue weighted by Crippen LogP contribution is -2.19. The number of para-hydroxylation sites is 1. The first-order chi connectivity index (χ1) is 8.99. The number of imidazole rings is 1. The van der Waals surface area contributed by atoms with Gasteiger partial charge < -0.3 is 14.6 Å². The topological polar surface area (TPSA) is 41.3 Å². The van der Waals surface area contributed by atoms with Crippen LogP contribution < -0.4 is 0 Å². The van der Waals surface area contributed by atoms with Gasteiger partial charge in [-0.25, -0.2) is 4.98 Å². The molecule has 0 aliphatic heterocycles. The molecule has 0 aliphatic rings. The van der Waals surface area contributed by atoms with Gasteiger partial charge in [0, 0.05) is 17.9 Å². The molecule has 1 aromatic heterocycles. The second kappa shape index (κ2) is 5.94. The van der Waals surface area contributed by atoms with Crippen LogP contribution in [0.25, 0.3) is 11.0 Å². The van der Waals surface area contributed by atoms with E-state index in [1.54, 1.807) is 6.92 Å². The molecule has 0 unspecified atom stereocenters. The van der Waals surface area contributed by atoms with Crippen LogP contribution in [-0.2, 0) is 13.0 Å². The first-order valence-electron chi connectivity index (χ1n) is 6.49. The number of aliphatic hydroxyl groups is 1. The van der Waals surface area contributed by atoms with Gasteiger partial charge in [0.1, 0.15) is 11.3 Å². The first kappa shape index (κ1) is 14.4. The van der Waals surface area contributed by atoms with E-state index in [1.165, 1.54) is 0 Å². The first-order valence-corrected chi connectivity index (χ1v) is 6.93. The number of nitrogens with zero attached hydrogens (tertiary/aromatic N) is 3. The normalized spacial score (nSPS) is 13.4. The lowest BCUT2D eigenvalue weighted by atomic mass is 10.3. The van der Waals surface area contributed by atoms with E-state index in [0.29, 0.717) is 6.54 Å². The predicted molar refractivity (Wildman–Crippen MR) is 80.9 cm³/mol. The van der Waals surface area contributed by atoms with Crippen molar-refractivity contribution < 1.29 is 5.11 Å². The van der Waals surface area contributed by atoms with Crippen LogP contribution in [0.3, 0.4) is 0 Å². The van der Waals surface area contributed by atoms with Crippen LogP contribution in [0.5, 0.6) is 0 Å². The number of aliphatic hydroxyl groups excluding tert-OH is 1. The van der Waals surface area contributed by atoms with Crippen molar-refractivity contribution in [1.82, 2.24) is 14.5 Å². The summed E-state index contributed by atoms with van der Waals surface area (Å²) in [5.41, 5.74) is 1.96. The van der Waals surface area contributed by atoms with Crippen LogP contribution in [-0.4, -0.2) is 46.3 Å². The minimum Gasteiger partial charge on any atom is -0.392 e. The maximum atomic E-state index is 9.68. The molecule has 0 saturated heterocycles. The summed E-state index contributed by atoms with van der Waals surface area (Å²) < 4.78 is 2.10. The van der Waals surface area contributed by atoms with Gasteiger partial charge in [0.25, 0.3) is 0 Å². The summed E-state index contributed by atoms with van der Waals surface area (Å²) in [6.45, 7) is 3.30. The fraction of sp³-hybridized carbons (Fsp3) is 0.500. The standard InChI is InChI=1S/C14H21N3OS/c1-10(18)9-17-11-5-4-6-12(19)14(11)15-13(17)7-8-16(2)3/h4-6,10,18-19H,7-9H2,1-3H3/t10-/m0/s1. The van der Waals surface area contributed by atoms with Gasteiger partial charge in [-0.2, -0.15) is 0 Å². The van der Waals surface area contributed by atoms with Gasteiger partial charge in [0.05, 0.1) is 18.2 Å². The maximum Gasteiger partial charge on any atom is 0.111 e. The molecule has 2 aromatic rings. The molecule has 19 heavy (non-hydrogen) atoms. The summed E-state index contributed by atoms with van der Waals surface area (Å²) in [6.07, 6.45) is 0.473. The molecule has 4 nitrogen and oxygen atoms in total. The van der Waals surface area contributed by atoms with Crippen LogP contribution >= 0.6 is 12.6 Å². The summed E-state index contributed by atoms with van der Waals surface area (Å²) in [5, 5.41) is 9.68. The molecule has 1 heterocycles. The van der Waals surface area contributed by atoms with Gasteiger partial charge in [-0.15, -0.1) is 12.6 Å². The van der Waals surface area contributed by atoms with Crippen molar-refractivity contribution in [3.8, 4) is 0 Å². The summed E-state index contributed by atoms with van der Waals surface area (Å²) >= 11 is 4.46. The minimum absolute atomic E-state index is 0.390. The summed E-state index contributed by atoms with van der Waals surface area (Å²) in [4.78, 5) is 7.70. The van der Waals surface area contributed by atoms with E-state index in [-0.39, 0.29) is 6.10 Å². The Morgan fingerprint density at radius 2 is 2.16 bits per heavy atom. The Balaban J connectivity index is 2.45. The molecule has 1 atom stereocenters. The average molecular weight is 279 g/mol. The van der Waals surface area contributed by atoms with Crippen LogP contribution in [0.1, 0.15) is 12.7 Å². The van der Waals surface area contributed by atoms with E-state index < -0.39 is 0 Å². The lowest BCUT2D eigenvalue weighted by Gasteiger charge is -2.13. The molecule has 0 spiro atoms. The largest absolute Gasteiger partial charge is 0.392 e. The smallest absolute Gasteiger partial charge is 0.111 e. The third-order valence-electron chi connectivity index (χ3n) is 3.07. The number of thiol groups is 1. The Morgan fingerprint density at radius 3 is 2.79 bits per heavy atom. The molecule has 1 aromatic carbocycles. The van der Waals surface area contributed by atoms with Crippen molar-refractivity contribution in [2.45, 2.75) is 30.9 Å². The van der Waals surface area contributed by atoms with E-state index in [0.717, 1.165) is 34.7 Å². The fourth-order valence-corrected chi connectivity index (χ4v) is 2.41. The van der Waals surface area contributed by atoms with Crippen LogP contribution in [0.2, 0.25) is 0 Å². The number of benzene rings is 1. The third kappa shape index (κ3) is 3.29.